The number of carbonyl (C=O) groups is 1. The van der Waals surface area contributed by atoms with Gasteiger partial charge in [-0.1, -0.05) is 30.3 Å². The van der Waals surface area contributed by atoms with Crippen LogP contribution in [-0.2, 0) is 0 Å². The summed E-state index contributed by atoms with van der Waals surface area (Å²) in [5, 5.41) is 13.0. The second kappa shape index (κ2) is 7.56. The van der Waals surface area contributed by atoms with Crippen LogP contribution in [-0.4, -0.2) is 29.1 Å². The van der Waals surface area contributed by atoms with Crippen LogP contribution >= 0.6 is 0 Å². The molecule has 0 radical (unpaired) electrons. The Morgan fingerprint density at radius 2 is 2.00 bits per heavy atom. The number of hydrogen-bond acceptors (Lipinski definition) is 4. The van der Waals surface area contributed by atoms with Crippen LogP contribution in [0.25, 0.3) is 0 Å². The van der Waals surface area contributed by atoms with E-state index in [0.717, 1.165) is 5.56 Å². The SMILES string of the molecule is COc1ncccc1C(=O)NC(C)CC(O)c1ccccc1. The molecule has 0 aliphatic rings. The molecular weight excluding hydrogens is 280 g/mol. The largest absolute Gasteiger partial charge is 0.480 e. The second-order valence-electron chi connectivity index (χ2n) is 5.10. The highest BCUT2D eigenvalue weighted by atomic mass is 16.5. The van der Waals surface area contributed by atoms with Crippen LogP contribution in [0.3, 0.4) is 0 Å². The third-order valence-electron chi connectivity index (χ3n) is 3.35. The van der Waals surface area contributed by atoms with Gasteiger partial charge in [0.25, 0.3) is 5.91 Å². The van der Waals surface area contributed by atoms with Crippen LogP contribution in [0.1, 0.15) is 35.4 Å². The number of pyridine rings is 1. The zero-order valence-corrected chi connectivity index (χ0v) is 12.7. The van der Waals surface area contributed by atoms with Crippen LogP contribution in [0.5, 0.6) is 5.88 Å². The number of nitrogens with zero attached hydrogens (tertiary/aromatic N) is 1. The molecule has 2 N–H and O–H groups in total. The third kappa shape index (κ3) is 4.05. The minimum atomic E-state index is -0.618. The second-order valence-corrected chi connectivity index (χ2v) is 5.10. The highest BCUT2D eigenvalue weighted by Gasteiger charge is 2.17. The van der Waals surface area contributed by atoms with Crippen molar-refractivity contribution in [2.75, 3.05) is 7.11 Å². The molecule has 0 fully saturated rings. The first-order valence-electron chi connectivity index (χ1n) is 7.14. The van der Waals surface area contributed by atoms with Gasteiger partial charge >= 0.3 is 0 Å². The number of ether oxygens (including phenoxy) is 1. The predicted molar refractivity (Wildman–Crippen MR) is 83.7 cm³/mol. The molecule has 5 heteroatoms. The van der Waals surface area contributed by atoms with Gasteiger partial charge in [-0.3, -0.25) is 4.79 Å². The fourth-order valence-electron chi connectivity index (χ4n) is 2.23. The quantitative estimate of drug-likeness (QED) is 0.859. The Morgan fingerprint density at radius 3 is 2.68 bits per heavy atom. The number of carbonyl (C=O) groups excluding carboxylic acids is 1. The maximum absolute atomic E-state index is 12.2. The van der Waals surface area contributed by atoms with Crippen LogP contribution in [0.2, 0.25) is 0 Å². The van der Waals surface area contributed by atoms with Crippen molar-refractivity contribution < 1.29 is 14.6 Å². The van der Waals surface area contributed by atoms with E-state index in [4.69, 9.17) is 4.74 Å². The summed E-state index contributed by atoms with van der Waals surface area (Å²) in [5.74, 6) is 0.0218. The van der Waals surface area contributed by atoms with Crippen LogP contribution < -0.4 is 10.1 Å². The molecule has 0 spiro atoms. The Balaban J connectivity index is 1.97. The molecule has 1 aromatic carbocycles. The number of aliphatic hydroxyl groups excluding tert-OH is 1. The number of benzene rings is 1. The van der Waals surface area contributed by atoms with Crippen molar-refractivity contribution in [2.24, 2.45) is 0 Å². The molecule has 1 heterocycles. The van der Waals surface area contributed by atoms with Gasteiger partial charge in [-0.05, 0) is 31.0 Å². The number of methoxy groups -OCH3 is 1. The lowest BCUT2D eigenvalue weighted by Crippen LogP contribution is -2.34. The Hall–Kier alpha value is -2.40. The number of hydrogen-bond donors (Lipinski definition) is 2. The monoisotopic (exact) mass is 300 g/mol. The average Bonchev–Trinajstić information content (AvgIpc) is 2.55. The van der Waals surface area contributed by atoms with Crippen LogP contribution in [0, 0.1) is 0 Å². The van der Waals surface area contributed by atoms with Gasteiger partial charge in [0.1, 0.15) is 5.56 Å². The van der Waals surface area contributed by atoms with Gasteiger partial charge in [-0.15, -0.1) is 0 Å². The maximum atomic E-state index is 12.2. The van der Waals surface area contributed by atoms with Crippen molar-refractivity contribution in [2.45, 2.75) is 25.5 Å². The molecule has 22 heavy (non-hydrogen) atoms. The summed E-state index contributed by atoms with van der Waals surface area (Å²) in [6.45, 7) is 1.85. The lowest BCUT2D eigenvalue weighted by Gasteiger charge is -2.18. The van der Waals surface area contributed by atoms with Gasteiger partial charge in [0.05, 0.1) is 13.2 Å². The lowest BCUT2D eigenvalue weighted by molar-refractivity contribution is 0.0913. The van der Waals surface area contributed by atoms with E-state index < -0.39 is 6.10 Å². The number of amides is 1. The van der Waals surface area contributed by atoms with Crippen molar-refractivity contribution in [3.63, 3.8) is 0 Å². The van der Waals surface area contributed by atoms with Crippen molar-refractivity contribution >= 4 is 5.91 Å². The number of aromatic nitrogens is 1. The smallest absolute Gasteiger partial charge is 0.256 e. The van der Waals surface area contributed by atoms with Gasteiger partial charge < -0.3 is 15.2 Å². The summed E-state index contributed by atoms with van der Waals surface area (Å²) in [6.07, 6.45) is 1.38. The van der Waals surface area contributed by atoms with E-state index in [0.29, 0.717) is 12.0 Å². The van der Waals surface area contributed by atoms with E-state index in [2.05, 4.69) is 10.3 Å². The molecule has 2 aromatic rings. The topological polar surface area (TPSA) is 71.5 Å². The number of nitrogens with one attached hydrogen (secondary N) is 1. The maximum Gasteiger partial charge on any atom is 0.256 e. The zero-order chi connectivity index (χ0) is 15.9. The van der Waals surface area contributed by atoms with E-state index in [9.17, 15) is 9.90 Å². The molecule has 2 atom stereocenters. The Morgan fingerprint density at radius 1 is 1.27 bits per heavy atom. The zero-order valence-electron chi connectivity index (χ0n) is 12.7. The minimum Gasteiger partial charge on any atom is -0.480 e. The first-order chi connectivity index (χ1) is 10.6. The third-order valence-corrected chi connectivity index (χ3v) is 3.35. The molecule has 1 amide bonds. The summed E-state index contributed by atoms with van der Waals surface area (Å²) in [7, 11) is 1.47. The normalized spacial score (nSPS) is 13.2. The summed E-state index contributed by atoms with van der Waals surface area (Å²) < 4.78 is 5.08. The van der Waals surface area contributed by atoms with E-state index in [1.54, 1.807) is 18.3 Å². The fraction of sp³-hybridized carbons (Fsp3) is 0.294. The minimum absolute atomic E-state index is 0.187. The summed E-state index contributed by atoms with van der Waals surface area (Å²) in [6, 6.07) is 12.5. The molecule has 2 rings (SSSR count). The molecule has 0 saturated heterocycles. The van der Waals surface area contributed by atoms with Crippen molar-refractivity contribution in [3.05, 3.63) is 59.8 Å². The predicted octanol–water partition coefficient (Wildman–Crippen LogP) is 2.33. The van der Waals surface area contributed by atoms with E-state index in [-0.39, 0.29) is 17.8 Å². The number of rotatable bonds is 6. The van der Waals surface area contributed by atoms with Crippen molar-refractivity contribution in [1.82, 2.24) is 10.3 Å². The summed E-state index contributed by atoms with van der Waals surface area (Å²) >= 11 is 0. The van der Waals surface area contributed by atoms with Crippen molar-refractivity contribution in [1.29, 1.82) is 0 Å². The molecule has 2 unspecified atom stereocenters. The van der Waals surface area contributed by atoms with E-state index in [1.165, 1.54) is 7.11 Å². The average molecular weight is 300 g/mol. The molecule has 0 saturated carbocycles. The lowest BCUT2D eigenvalue weighted by atomic mass is 10.0. The van der Waals surface area contributed by atoms with E-state index in [1.807, 2.05) is 37.3 Å². The first kappa shape index (κ1) is 16.0. The van der Waals surface area contributed by atoms with Crippen LogP contribution in [0.15, 0.2) is 48.7 Å². The summed E-state index contributed by atoms with van der Waals surface area (Å²) in [4.78, 5) is 16.2. The van der Waals surface area contributed by atoms with Gasteiger partial charge in [0.15, 0.2) is 0 Å². The highest BCUT2D eigenvalue weighted by molar-refractivity contribution is 5.96. The molecule has 0 aliphatic heterocycles. The Kier molecular flexibility index (Phi) is 5.49. The van der Waals surface area contributed by atoms with E-state index >= 15 is 0 Å². The Labute approximate surface area is 130 Å². The molecule has 5 nitrogen and oxygen atoms in total. The molecule has 116 valence electrons. The van der Waals surface area contributed by atoms with Gasteiger partial charge in [-0.25, -0.2) is 4.98 Å². The molecule has 0 aliphatic carbocycles. The summed E-state index contributed by atoms with van der Waals surface area (Å²) in [5.41, 5.74) is 1.22. The number of aliphatic hydroxyl groups is 1. The molecule has 0 bridgehead atoms. The van der Waals surface area contributed by atoms with Gasteiger partial charge in [0.2, 0.25) is 5.88 Å². The van der Waals surface area contributed by atoms with Crippen molar-refractivity contribution in [3.8, 4) is 5.88 Å². The molecular formula is C17H20N2O3. The van der Waals surface area contributed by atoms with Gasteiger partial charge in [0, 0.05) is 12.2 Å². The van der Waals surface area contributed by atoms with Gasteiger partial charge in [-0.2, -0.15) is 0 Å². The Bertz CT molecular complexity index is 616. The fourth-order valence-corrected chi connectivity index (χ4v) is 2.23. The first-order valence-corrected chi connectivity index (χ1v) is 7.14. The molecule has 1 aromatic heterocycles. The van der Waals surface area contributed by atoms with Crippen LogP contribution in [0.4, 0.5) is 0 Å². The standard InChI is InChI=1S/C17H20N2O3/c1-12(11-15(20)13-7-4-3-5-8-13)19-16(21)14-9-6-10-18-17(14)22-2/h3-10,12,15,20H,11H2,1-2H3,(H,19,21). The highest BCUT2D eigenvalue weighted by Crippen LogP contribution is 2.19.